The number of anilines is 2. The summed E-state index contributed by atoms with van der Waals surface area (Å²) < 4.78 is 43.4. The Morgan fingerprint density at radius 2 is 1.97 bits per heavy atom. The van der Waals surface area contributed by atoms with Crippen LogP contribution >= 0.6 is 11.3 Å². The van der Waals surface area contributed by atoms with E-state index in [-0.39, 0.29) is 29.2 Å². The molecule has 5 rings (SSSR count). The molecular weight excluding hydrogens is 489 g/mol. The van der Waals surface area contributed by atoms with Crippen LogP contribution in [0, 0.1) is 5.82 Å². The number of nitrogens with one attached hydrogen (secondary N) is 1. The second kappa shape index (κ2) is 9.31. The summed E-state index contributed by atoms with van der Waals surface area (Å²) in [4.78, 5) is 21.2. The van der Waals surface area contributed by atoms with E-state index in [0.717, 1.165) is 5.69 Å². The molecule has 0 saturated carbocycles. The molecule has 1 atom stereocenters. The normalized spacial score (nSPS) is 16.6. The van der Waals surface area contributed by atoms with E-state index in [1.54, 1.807) is 52.5 Å². The van der Waals surface area contributed by atoms with E-state index in [9.17, 15) is 17.6 Å². The molecule has 2 aromatic carbocycles. The molecule has 1 unspecified atom stereocenters. The van der Waals surface area contributed by atoms with E-state index in [1.165, 1.54) is 23.6 Å². The fourth-order valence-electron chi connectivity index (χ4n) is 4.41. The van der Waals surface area contributed by atoms with E-state index in [2.05, 4.69) is 14.6 Å². The number of hydrogen-bond donors (Lipinski definition) is 1. The second-order valence-corrected chi connectivity index (χ2v) is 11.0. The number of rotatable bonds is 6. The zero-order valence-electron chi connectivity index (χ0n) is 19.0. The third-order valence-corrected chi connectivity index (χ3v) is 8.35. The summed E-state index contributed by atoms with van der Waals surface area (Å²) in [5.41, 5.74) is 1.59. The Morgan fingerprint density at radius 1 is 1.17 bits per heavy atom. The molecule has 0 bridgehead atoms. The van der Waals surface area contributed by atoms with Crippen LogP contribution in [-0.4, -0.2) is 54.5 Å². The number of sulfonamides is 1. The number of fused-ring (bicyclic) bond motifs is 1. The van der Waals surface area contributed by atoms with Gasteiger partial charge < -0.3 is 14.4 Å². The molecule has 4 aromatic rings. The third-order valence-electron chi connectivity index (χ3n) is 6.18. The Labute approximate surface area is 206 Å². The first-order valence-electron chi connectivity index (χ1n) is 11.1. The monoisotopic (exact) mass is 513 g/mol. The van der Waals surface area contributed by atoms with Crippen molar-refractivity contribution in [3.8, 4) is 0 Å². The van der Waals surface area contributed by atoms with Gasteiger partial charge in [0.1, 0.15) is 12.4 Å². The van der Waals surface area contributed by atoms with Crippen LogP contribution in [0.3, 0.4) is 0 Å². The Morgan fingerprint density at radius 3 is 2.69 bits per heavy atom. The van der Waals surface area contributed by atoms with E-state index < -0.39 is 10.0 Å². The predicted octanol–water partition coefficient (Wildman–Crippen LogP) is 3.78. The van der Waals surface area contributed by atoms with Crippen LogP contribution in [-0.2, 0) is 21.4 Å². The lowest BCUT2D eigenvalue weighted by molar-refractivity contribution is -0.134. The van der Waals surface area contributed by atoms with Crippen LogP contribution in [0.15, 0.2) is 71.2 Å². The summed E-state index contributed by atoms with van der Waals surface area (Å²) in [6.07, 6.45) is 3.28. The lowest BCUT2D eigenvalue weighted by Crippen LogP contribution is -2.54. The van der Waals surface area contributed by atoms with Crippen molar-refractivity contribution in [3.63, 3.8) is 0 Å². The zero-order chi connectivity index (χ0) is 24.6. The molecule has 0 spiro atoms. The first kappa shape index (κ1) is 23.3. The standard InChI is InChI=1S/C24H24FN5O3S2/c1-17-15-28(18-5-7-19(8-6-18)35(32,33)27-24-26-10-14-34-24)12-13-30(17)23(31)16-29-11-9-20-21(25)3-2-4-22(20)29/h2-11,14,17H,12-13,15-16H2,1H3,(H,26,27). The molecule has 1 aliphatic heterocycles. The molecule has 182 valence electrons. The number of amides is 1. The van der Waals surface area contributed by atoms with Gasteiger partial charge in [0.2, 0.25) is 5.91 Å². The van der Waals surface area contributed by atoms with Crippen molar-refractivity contribution in [2.24, 2.45) is 0 Å². The Balaban J connectivity index is 1.23. The van der Waals surface area contributed by atoms with Gasteiger partial charge in [0, 0.05) is 54.5 Å². The lowest BCUT2D eigenvalue weighted by atomic mass is 10.1. The predicted molar refractivity (Wildman–Crippen MR) is 135 cm³/mol. The molecule has 1 amide bonds. The maximum Gasteiger partial charge on any atom is 0.263 e. The zero-order valence-corrected chi connectivity index (χ0v) is 20.6. The molecule has 1 saturated heterocycles. The summed E-state index contributed by atoms with van der Waals surface area (Å²) >= 11 is 1.21. The Bertz CT molecular complexity index is 1450. The van der Waals surface area contributed by atoms with Gasteiger partial charge in [-0.15, -0.1) is 11.3 Å². The van der Waals surface area contributed by atoms with Crippen molar-refractivity contribution in [1.82, 2.24) is 14.5 Å². The van der Waals surface area contributed by atoms with E-state index in [0.29, 0.717) is 35.7 Å². The Hall–Kier alpha value is -3.44. The number of halogens is 1. The fraction of sp³-hybridized carbons (Fsp3) is 0.250. The SMILES string of the molecule is CC1CN(c2ccc(S(=O)(=O)Nc3nccs3)cc2)CCN1C(=O)Cn1ccc2c(F)cccc21. The topological polar surface area (TPSA) is 87.5 Å². The molecule has 11 heteroatoms. The molecule has 1 N–H and O–H groups in total. The summed E-state index contributed by atoms with van der Waals surface area (Å²) in [5, 5.41) is 2.53. The number of benzene rings is 2. The molecule has 8 nitrogen and oxygen atoms in total. The molecule has 0 radical (unpaired) electrons. The average Bonchev–Trinajstić information content (AvgIpc) is 3.49. The highest BCUT2D eigenvalue weighted by Crippen LogP contribution is 2.24. The molecule has 3 heterocycles. The van der Waals surface area contributed by atoms with Crippen molar-refractivity contribution >= 4 is 49.0 Å². The van der Waals surface area contributed by atoms with Crippen LogP contribution < -0.4 is 9.62 Å². The second-order valence-electron chi connectivity index (χ2n) is 8.44. The number of thiazole rings is 1. The number of carbonyl (C=O) groups is 1. The molecule has 35 heavy (non-hydrogen) atoms. The van der Waals surface area contributed by atoms with Crippen LogP contribution in [0.2, 0.25) is 0 Å². The maximum atomic E-state index is 14.0. The summed E-state index contributed by atoms with van der Waals surface area (Å²) in [6, 6.07) is 13.2. The van der Waals surface area contributed by atoms with E-state index in [4.69, 9.17) is 0 Å². The number of carbonyl (C=O) groups excluding carboxylic acids is 1. The van der Waals surface area contributed by atoms with Gasteiger partial charge in [-0.1, -0.05) is 6.07 Å². The third kappa shape index (κ3) is 4.73. The lowest BCUT2D eigenvalue weighted by Gasteiger charge is -2.41. The van der Waals surface area contributed by atoms with Crippen molar-refractivity contribution in [2.45, 2.75) is 24.4 Å². The van der Waals surface area contributed by atoms with Gasteiger partial charge in [0.05, 0.1) is 10.4 Å². The molecule has 2 aromatic heterocycles. The minimum atomic E-state index is -3.70. The van der Waals surface area contributed by atoms with Gasteiger partial charge in [0.15, 0.2) is 5.13 Å². The van der Waals surface area contributed by atoms with Gasteiger partial charge in [-0.25, -0.2) is 17.8 Å². The largest absolute Gasteiger partial charge is 0.368 e. The number of piperazine rings is 1. The van der Waals surface area contributed by atoms with Crippen molar-refractivity contribution in [2.75, 3.05) is 29.3 Å². The molecule has 1 aliphatic rings. The highest BCUT2D eigenvalue weighted by molar-refractivity contribution is 7.93. The van der Waals surface area contributed by atoms with Crippen LogP contribution in [0.4, 0.5) is 15.2 Å². The molecular formula is C24H24FN5O3S2. The van der Waals surface area contributed by atoms with Crippen molar-refractivity contribution < 1.29 is 17.6 Å². The first-order chi connectivity index (χ1) is 16.8. The van der Waals surface area contributed by atoms with Gasteiger partial charge in [-0.2, -0.15) is 0 Å². The highest BCUT2D eigenvalue weighted by atomic mass is 32.2. The van der Waals surface area contributed by atoms with Crippen molar-refractivity contribution in [3.05, 3.63) is 72.1 Å². The maximum absolute atomic E-state index is 14.0. The fourth-order valence-corrected chi connectivity index (χ4v) is 6.20. The van der Waals surface area contributed by atoms with Crippen LogP contribution in [0.5, 0.6) is 0 Å². The van der Waals surface area contributed by atoms with Gasteiger partial charge in [0.25, 0.3) is 10.0 Å². The summed E-state index contributed by atoms with van der Waals surface area (Å²) in [5.74, 6) is -0.318. The van der Waals surface area contributed by atoms with Crippen molar-refractivity contribution in [1.29, 1.82) is 0 Å². The molecule has 1 fully saturated rings. The Kier molecular flexibility index (Phi) is 6.20. The van der Waals surface area contributed by atoms with Crippen LogP contribution in [0.1, 0.15) is 6.92 Å². The minimum Gasteiger partial charge on any atom is -0.368 e. The molecule has 0 aliphatic carbocycles. The van der Waals surface area contributed by atoms with Gasteiger partial charge in [-0.05, 0) is 49.4 Å². The quantitative estimate of drug-likeness (QED) is 0.424. The number of aromatic nitrogens is 2. The summed E-state index contributed by atoms with van der Waals surface area (Å²) in [7, 11) is -3.70. The highest BCUT2D eigenvalue weighted by Gasteiger charge is 2.28. The number of nitrogens with zero attached hydrogens (tertiary/aromatic N) is 4. The van der Waals surface area contributed by atoms with E-state index in [1.807, 2.05) is 17.9 Å². The summed E-state index contributed by atoms with van der Waals surface area (Å²) in [6.45, 7) is 3.93. The smallest absolute Gasteiger partial charge is 0.263 e. The van der Waals surface area contributed by atoms with E-state index >= 15 is 0 Å². The first-order valence-corrected chi connectivity index (χ1v) is 13.5. The minimum absolute atomic E-state index is 0.0198. The average molecular weight is 514 g/mol. The van der Waals surface area contributed by atoms with Gasteiger partial charge in [-0.3, -0.25) is 9.52 Å². The number of hydrogen-bond acceptors (Lipinski definition) is 6. The van der Waals surface area contributed by atoms with Gasteiger partial charge >= 0.3 is 0 Å². The van der Waals surface area contributed by atoms with Crippen LogP contribution in [0.25, 0.3) is 10.9 Å².